The van der Waals surface area contributed by atoms with E-state index in [0.717, 1.165) is 49.3 Å². The average Bonchev–Trinajstić information content (AvgIpc) is 1.67. The van der Waals surface area contributed by atoms with E-state index in [4.69, 9.17) is 35.0 Å². The first kappa shape index (κ1) is 38.2. The fraction of sp³-hybridized carbons (Fsp3) is 0. The predicted molar refractivity (Wildman–Crippen MR) is 347 cm³/mol. The van der Waals surface area contributed by atoms with Crippen molar-refractivity contribution in [3.8, 4) is 79.0 Å². The summed E-state index contributed by atoms with van der Waals surface area (Å²) in [7, 11) is 0. The second-order valence-corrected chi connectivity index (χ2v) is 20.0. The fourth-order valence-electron chi connectivity index (χ4n) is 11.5. The van der Waals surface area contributed by atoms with Gasteiger partial charge in [0.1, 0.15) is 17.3 Å². The Morgan fingerprint density at radius 3 is 1.64 bits per heavy atom. The first-order chi connectivity index (χ1) is 48.4. The largest absolute Gasteiger partial charge is 0.509 e. The third kappa shape index (κ3) is 9.17. The number of hydrogen-bond acceptors (Lipinski definition) is 5. The van der Waals surface area contributed by atoms with Gasteiger partial charge in [0.05, 0.1) is 31.6 Å². The van der Waals surface area contributed by atoms with Crippen molar-refractivity contribution < 1.29 is 51.1 Å². The Bertz CT molecular complexity index is 5740. The van der Waals surface area contributed by atoms with E-state index in [9.17, 15) is 0 Å². The van der Waals surface area contributed by atoms with Gasteiger partial charge in [0.2, 0.25) is 0 Å². The number of rotatable bonds is 12. The molecule has 4 heterocycles. The van der Waals surface area contributed by atoms with Gasteiger partial charge in [0, 0.05) is 106 Å². The molecule has 86 heavy (non-hydrogen) atoms. The minimum atomic E-state index is -0.598. The molecule has 15 aromatic rings. The number of nitrogens with zero attached hydrogens (tertiary/aromatic N) is 5. The molecule has 1 aliphatic heterocycles. The Morgan fingerprint density at radius 1 is 0.407 bits per heavy atom. The molecule has 0 saturated heterocycles. The quantitative estimate of drug-likeness (QED) is 0.114. The van der Waals surface area contributed by atoms with Crippen LogP contribution in [0.4, 0.5) is 22.7 Å². The van der Waals surface area contributed by atoms with Crippen LogP contribution in [0.5, 0.6) is 23.0 Å². The summed E-state index contributed by atoms with van der Waals surface area (Å²) in [6.45, 7) is 1.71. The van der Waals surface area contributed by atoms with Crippen LogP contribution >= 0.6 is 0 Å². The smallest absolute Gasteiger partial charge is 0.143 e. The zero-order valence-electron chi connectivity index (χ0n) is 60.1. The maximum atomic E-state index is 9.15. The molecule has 7 nitrogen and oxygen atoms in total. The molecule has 412 valence electrons. The van der Waals surface area contributed by atoms with Crippen molar-refractivity contribution in [3.63, 3.8) is 0 Å². The van der Waals surface area contributed by atoms with Gasteiger partial charge >= 0.3 is 0 Å². The summed E-state index contributed by atoms with van der Waals surface area (Å²) in [4.78, 5) is 8.51. The molecule has 0 bridgehead atoms. The molecule has 0 saturated carbocycles. The number of fused-ring (bicyclic) bond motifs is 7. The van der Waals surface area contributed by atoms with Crippen LogP contribution in [0.25, 0.3) is 99.6 Å². The molecule has 3 aromatic heterocycles. The van der Waals surface area contributed by atoms with Gasteiger partial charge in [-0.2, -0.15) is 12.1 Å². The molecule has 0 fully saturated rings. The van der Waals surface area contributed by atoms with Crippen molar-refractivity contribution >= 4 is 66.4 Å². The molecular weight excluding hydrogens is 1230 g/mol. The standard InChI is InChI=1S/C78H50N5O2.Pt/c1-5-22-53(23-6-1)62-34-20-35-63(54-24-7-2-8-25-54)77(62)81-52-80(73-40-17-18-41-74(73)81)57-30-19-31-59(48-57)84-60-43-44-68-69-49-58(82-70-38-15-13-32-66(70)67-33-14-16-39-71(67)82)42-45-72(69)83(75(68)50-60)76-51-61(46-47-79-76)85-78-64(55-26-9-3-10-27-55)36-21-37-65(78)56-28-11-4-12-29-56;/h1-47,49,51-52H;/q-3;/i1D,2D,3D,5D,6D,7D,8D,9D,10D,22D,23D,24D,25D,26D,27D;. The average molecular weight is 1300 g/mol. The van der Waals surface area contributed by atoms with Crippen molar-refractivity contribution in [3.05, 3.63) is 316 Å². The first-order valence-electron chi connectivity index (χ1n) is 34.8. The van der Waals surface area contributed by atoms with Crippen LogP contribution in [0.2, 0.25) is 0 Å². The van der Waals surface area contributed by atoms with E-state index in [1.165, 1.54) is 0 Å². The number of anilines is 4. The number of hydrogen-bond donors (Lipinski definition) is 0. The molecule has 8 heteroatoms. The van der Waals surface area contributed by atoms with Gasteiger partial charge in [-0.15, -0.1) is 48.1 Å². The second kappa shape index (κ2) is 22.1. The molecule has 1 aliphatic rings. The molecule has 16 rings (SSSR count). The number of aromatic nitrogens is 3. The zero-order chi connectivity index (χ0) is 69.3. The summed E-state index contributed by atoms with van der Waals surface area (Å²) in [5.41, 5.74) is 7.61. The monoisotopic (exact) mass is 1300 g/mol. The van der Waals surface area contributed by atoms with Crippen molar-refractivity contribution in [2.45, 2.75) is 0 Å². The van der Waals surface area contributed by atoms with E-state index < -0.39 is 78.6 Å². The number of para-hydroxylation sites is 6. The maximum Gasteiger partial charge on any atom is 0.143 e. The van der Waals surface area contributed by atoms with Crippen LogP contribution < -0.4 is 19.3 Å². The Hall–Kier alpha value is -10.7. The number of pyridine rings is 1. The van der Waals surface area contributed by atoms with Crippen LogP contribution in [-0.2, 0) is 21.1 Å². The normalized spacial score (nSPS) is 14.4. The molecule has 0 amide bonds. The van der Waals surface area contributed by atoms with E-state index in [1.54, 1.807) is 78.4 Å². The second-order valence-electron chi connectivity index (χ2n) is 20.0. The molecule has 0 spiro atoms. The van der Waals surface area contributed by atoms with Crippen molar-refractivity contribution in [1.82, 2.24) is 14.1 Å². The van der Waals surface area contributed by atoms with Crippen LogP contribution in [0, 0.1) is 18.8 Å². The predicted octanol–water partition coefficient (Wildman–Crippen LogP) is 20.5. The molecule has 0 N–H and O–H groups in total. The summed E-state index contributed by atoms with van der Waals surface area (Å²) in [5, 5.41) is 3.85. The zero-order valence-corrected chi connectivity index (χ0v) is 47.3. The van der Waals surface area contributed by atoms with Gasteiger partial charge in [-0.25, -0.2) is 4.98 Å². The maximum absolute atomic E-state index is 9.15. The van der Waals surface area contributed by atoms with Crippen LogP contribution in [0.3, 0.4) is 0 Å². The van der Waals surface area contributed by atoms with E-state index in [2.05, 4.69) is 53.1 Å². The van der Waals surface area contributed by atoms with E-state index in [-0.39, 0.29) is 83.7 Å². The van der Waals surface area contributed by atoms with E-state index in [0.29, 0.717) is 45.5 Å². The third-order valence-corrected chi connectivity index (χ3v) is 15.2. The van der Waals surface area contributed by atoms with Gasteiger partial charge in [0.15, 0.2) is 0 Å². The Balaban J connectivity index is 0.00000827. The molecule has 12 aromatic carbocycles. The van der Waals surface area contributed by atoms with E-state index >= 15 is 0 Å². The minimum Gasteiger partial charge on any atom is -0.509 e. The summed E-state index contributed by atoms with van der Waals surface area (Å²) in [5.74, 6) is 1.56. The topological polar surface area (TPSA) is 47.7 Å². The number of benzene rings is 12. The van der Waals surface area contributed by atoms with Crippen LogP contribution in [0.1, 0.15) is 20.6 Å². The van der Waals surface area contributed by atoms with Gasteiger partial charge in [-0.05, 0) is 76.2 Å². The molecule has 0 aliphatic carbocycles. The Labute approximate surface area is 533 Å². The third-order valence-electron chi connectivity index (χ3n) is 15.2. The molecule has 0 atom stereocenters. The van der Waals surface area contributed by atoms with Crippen molar-refractivity contribution in [2.24, 2.45) is 0 Å². The van der Waals surface area contributed by atoms with Gasteiger partial charge in [-0.1, -0.05) is 211 Å². The van der Waals surface area contributed by atoms with Gasteiger partial charge in [0.25, 0.3) is 0 Å². The first-order valence-corrected chi connectivity index (χ1v) is 27.3. The summed E-state index contributed by atoms with van der Waals surface area (Å²) in [6.07, 6.45) is 1.62. The van der Waals surface area contributed by atoms with E-state index in [1.807, 2.05) is 113 Å². The fourth-order valence-corrected chi connectivity index (χ4v) is 11.5. The Morgan fingerprint density at radius 2 is 0.965 bits per heavy atom. The summed E-state index contributed by atoms with van der Waals surface area (Å²) in [6, 6.07) is 61.5. The van der Waals surface area contributed by atoms with Crippen molar-refractivity contribution in [2.75, 3.05) is 9.80 Å². The van der Waals surface area contributed by atoms with Crippen LogP contribution in [0.15, 0.2) is 297 Å². The molecule has 0 unspecified atom stereocenters. The Kier molecular flexibility index (Phi) is 9.82. The SMILES string of the molecule is [2H]c1c([2H])c([2H])c(-c2cccc(-c3ccccc3)c2Oc2ccnc(-n3c4[c-]c(Oc5[c-]c(N6[CH-]N(c7c(-c8c([2H])c([2H])c([2H])c([2H])c8[2H])cccc7-c7c([2H])c([2H])c([2H])c([2H])c7[2H])c7ccccc76)ccc5)ccc4c4cc(-n5c6ccccc6c6ccccc65)ccc43)c2)c([2H])c1[2H].[Pt]. The van der Waals surface area contributed by atoms with Gasteiger partial charge < -0.3 is 28.4 Å². The van der Waals surface area contributed by atoms with Crippen molar-refractivity contribution in [1.29, 1.82) is 0 Å². The summed E-state index contributed by atoms with van der Waals surface area (Å²) < 4.78 is 150. The molecular formula is C78H50N5O2Pt-3. The molecule has 0 radical (unpaired) electrons. The van der Waals surface area contributed by atoms with Gasteiger partial charge in [-0.3, -0.25) is 0 Å². The summed E-state index contributed by atoms with van der Waals surface area (Å²) >= 11 is 0. The number of ether oxygens (including phenoxy) is 2. The minimum absolute atomic E-state index is 0. The van der Waals surface area contributed by atoms with Crippen LogP contribution in [-0.4, -0.2) is 14.1 Å².